The van der Waals surface area contributed by atoms with Crippen LogP contribution in [-0.4, -0.2) is 12.6 Å². The molecule has 1 aliphatic rings. The lowest BCUT2D eigenvalue weighted by Gasteiger charge is -2.16. The molecular formula is C14H19BrFN. The third-order valence-electron chi connectivity index (χ3n) is 3.37. The summed E-state index contributed by atoms with van der Waals surface area (Å²) in [7, 11) is 0. The maximum Gasteiger partial charge on any atom is 0.124 e. The molecule has 2 rings (SSSR count). The molecule has 0 amide bonds. The van der Waals surface area contributed by atoms with Crippen molar-refractivity contribution in [1.82, 2.24) is 5.32 Å². The van der Waals surface area contributed by atoms with Crippen LogP contribution in [-0.2, 0) is 6.42 Å². The summed E-state index contributed by atoms with van der Waals surface area (Å²) in [6.07, 6.45) is 4.83. The fraction of sp³-hybridized carbons (Fsp3) is 0.571. The normalized spacial score (nSPS) is 17.1. The van der Waals surface area contributed by atoms with Crippen molar-refractivity contribution in [3.05, 3.63) is 34.1 Å². The van der Waals surface area contributed by atoms with Gasteiger partial charge < -0.3 is 5.32 Å². The van der Waals surface area contributed by atoms with E-state index in [1.54, 1.807) is 12.1 Å². The molecule has 1 nitrogen and oxygen atoms in total. The molecule has 0 radical (unpaired) electrons. The Morgan fingerprint density at radius 1 is 1.47 bits per heavy atom. The minimum Gasteiger partial charge on any atom is -0.314 e. The lowest BCUT2D eigenvalue weighted by atomic mass is 9.97. The second-order valence-corrected chi connectivity index (χ2v) is 5.75. The Morgan fingerprint density at radius 3 is 2.82 bits per heavy atom. The van der Waals surface area contributed by atoms with E-state index in [0.29, 0.717) is 5.92 Å². The van der Waals surface area contributed by atoms with E-state index in [4.69, 9.17) is 0 Å². The zero-order valence-electron chi connectivity index (χ0n) is 10.2. The largest absolute Gasteiger partial charge is 0.314 e. The predicted octanol–water partition coefficient (Wildman–Crippen LogP) is 3.91. The molecule has 0 spiro atoms. The maximum absolute atomic E-state index is 13.0. The van der Waals surface area contributed by atoms with E-state index in [1.807, 2.05) is 6.07 Å². The summed E-state index contributed by atoms with van der Waals surface area (Å²) in [5, 5.41) is 3.57. The number of hydrogen-bond donors (Lipinski definition) is 1. The highest BCUT2D eigenvalue weighted by molar-refractivity contribution is 9.10. The fourth-order valence-corrected chi connectivity index (χ4v) is 2.49. The van der Waals surface area contributed by atoms with Gasteiger partial charge in [-0.05, 0) is 49.4 Å². The summed E-state index contributed by atoms with van der Waals surface area (Å²) in [5.74, 6) is 0.460. The number of rotatable bonds is 6. The number of hydrogen-bond acceptors (Lipinski definition) is 1. The Morgan fingerprint density at radius 2 is 2.24 bits per heavy atom. The highest BCUT2D eigenvalue weighted by Gasteiger charge is 2.21. The zero-order chi connectivity index (χ0) is 12.3. The van der Waals surface area contributed by atoms with Crippen molar-refractivity contribution in [3.63, 3.8) is 0 Å². The molecule has 3 heteroatoms. The van der Waals surface area contributed by atoms with Gasteiger partial charge in [-0.2, -0.15) is 0 Å². The zero-order valence-corrected chi connectivity index (χ0v) is 11.8. The van der Waals surface area contributed by atoms with Crippen LogP contribution in [0.4, 0.5) is 4.39 Å². The number of nitrogens with one attached hydrogen (secondary N) is 1. The Kier molecular flexibility index (Phi) is 4.57. The molecule has 94 valence electrons. The SMILES string of the molecule is CCC(CNC1CC1)Cc1ccc(F)cc1Br. The molecule has 1 aromatic carbocycles. The lowest BCUT2D eigenvalue weighted by Crippen LogP contribution is -2.25. The van der Waals surface area contributed by atoms with Crippen molar-refractivity contribution in [3.8, 4) is 0 Å². The van der Waals surface area contributed by atoms with E-state index in [-0.39, 0.29) is 5.82 Å². The van der Waals surface area contributed by atoms with Crippen molar-refractivity contribution in [2.75, 3.05) is 6.54 Å². The van der Waals surface area contributed by atoms with Gasteiger partial charge in [-0.1, -0.05) is 35.3 Å². The van der Waals surface area contributed by atoms with Crippen LogP contribution in [0.3, 0.4) is 0 Å². The minimum atomic E-state index is -0.176. The van der Waals surface area contributed by atoms with E-state index in [2.05, 4.69) is 28.2 Å². The molecule has 17 heavy (non-hydrogen) atoms. The van der Waals surface area contributed by atoms with Crippen LogP contribution in [0.5, 0.6) is 0 Å². The monoisotopic (exact) mass is 299 g/mol. The van der Waals surface area contributed by atoms with E-state index in [9.17, 15) is 4.39 Å². The van der Waals surface area contributed by atoms with Crippen molar-refractivity contribution in [2.24, 2.45) is 5.92 Å². The standard InChI is InChI=1S/C14H19BrFN/c1-2-10(9-17-13-5-6-13)7-11-3-4-12(16)8-14(11)15/h3-4,8,10,13,17H,2,5-7,9H2,1H3. The molecule has 0 bridgehead atoms. The smallest absolute Gasteiger partial charge is 0.124 e. The second kappa shape index (κ2) is 5.96. The molecule has 0 saturated heterocycles. The maximum atomic E-state index is 13.0. The first-order chi connectivity index (χ1) is 8.19. The first-order valence-corrected chi connectivity index (χ1v) is 7.15. The molecule has 1 saturated carbocycles. The molecule has 1 N–H and O–H groups in total. The average molecular weight is 300 g/mol. The quantitative estimate of drug-likeness (QED) is 0.840. The third-order valence-corrected chi connectivity index (χ3v) is 4.11. The summed E-state index contributed by atoms with van der Waals surface area (Å²) in [6, 6.07) is 5.75. The number of benzene rings is 1. The van der Waals surface area contributed by atoms with Crippen LogP contribution in [0.1, 0.15) is 31.7 Å². The van der Waals surface area contributed by atoms with Crippen LogP contribution in [0.2, 0.25) is 0 Å². The van der Waals surface area contributed by atoms with Gasteiger partial charge in [-0.25, -0.2) is 4.39 Å². The van der Waals surface area contributed by atoms with Crippen LogP contribution >= 0.6 is 15.9 Å². The Labute approximate surface area is 111 Å². The predicted molar refractivity (Wildman–Crippen MR) is 72.6 cm³/mol. The summed E-state index contributed by atoms with van der Waals surface area (Å²) in [4.78, 5) is 0. The Hall–Kier alpha value is -0.410. The van der Waals surface area contributed by atoms with E-state index >= 15 is 0 Å². The van der Waals surface area contributed by atoms with Gasteiger partial charge in [-0.15, -0.1) is 0 Å². The van der Waals surface area contributed by atoms with Crippen LogP contribution in [0.25, 0.3) is 0 Å². The summed E-state index contributed by atoms with van der Waals surface area (Å²) >= 11 is 3.44. The van der Waals surface area contributed by atoms with Gasteiger partial charge in [0.2, 0.25) is 0 Å². The van der Waals surface area contributed by atoms with Gasteiger partial charge >= 0.3 is 0 Å². The molecule has 1 aliphatic carbocycles. The first-order valence-electron chi connectivity index (χ1n) is 6.36. The highest BCUT2D eigenvalue weighted by atomic mass is 79.9. The van der Waals surface area contributed by atoms with Gasteiger partial charge in [0.1, 0.15) is 5.82 Å². The van der Waals surface area contributed by atoms with Crippen molar-refractivity contribution >= 4 is 15.9 Å². The summed E-state index contributed by atoms with van der Waals surface area (Å²) < 4.78 is 13.9. The van der Waals surface area contributed by atoms with Crippen molar-refractivity contribution in [2.45, 2.75) is 38.6 Å². The Balaban J connectivity index is 1.91. The molecule has 1 unspecified atom stereocenters. The van der Waals surface area contributed by atoms with Gasteiger partial charge in [-0.3, -0.25) is 0 Å². The van der Waals surface area contributed by atoms with Gasteiger partial charge in [0.25, 0.3) is 0 Å². The third kappa shape index (κ3) is 4.07. The Bertz CT molecular complexity index is 376. The van der Waals surface area contributed by atoms with Gasteiger partial charge in [0, 0.05) is 10.5 Å². The summed E-state index contributed by atoms with van der Waals surface area (Å²) in [5.41, 5.74) is 1.20. The molecule has 1 aromatic rings. The molecule has 1 fully saturated rings. The van der Waals surface area contributed by atoms with E-state index in [0.717, 1.165) is 29.9 Å². The fourth-order valence-electron chi connectivity index (χ4n) is 1.98. The van der Waals surface area contributed by atoms with Crippen molar-refractivity contribution in [1.29, 1.82) is 0 Å². The van der Waals surface area contributed by atoms with Crippen molar-refractivity contribution < 1.29 is 4.39 Å². The van der Waals surface area contributed by atoms with Gasteiger partial charge in [0.05, 0.1) is 0 Å². The minimum absolute atomic E-state index is 0.176. The van der Waals surface area contributed by atoms with Crippen LogP contribution < -0.4 is 5.32 Å². The molecule has 0 heterocycles. The number of halogens is 2. The molecule has 0 aliphatic heterocycles. The molecule has 1 atom stereocenters. The van der Waals surface area contributed by atoms with E-state index in [1.165, 1.54) is 18.4 Å². The van der Waals surface area contributed by atoms with Crippen LogP contribution in [0, 0.1) is 11.7 Å². The average Bonchev–Trinajstić information content (AvgIpc) is 3.11. The second-order valence-electron chi connectivity index (χ2n) is 4.90. The highest BCUT2D eigenvalue weighted by Crippen LogP contribution is 2.23. The van der Waals surface area contributed by atoms with E-state index < -0.39 is 0 Å². The summed E-state index contributed by atoms with van der Waals surface area (Å²) in [6.45, 7) is 3.29. The topological polar surface area (TPSA) is 12.0 Å². The lowest BCUT2D eigenvalue weighted by molar-refractivity contribution is 0.457. The first kappa shape index (κ1) is 13.0. The van der Waals surface area contributed by atoms with Crippen LogP contribution in [0.15, 0.2) is 22.7 Å². The molecular weight excluding hydrogens is 281 g/mol. The molecule has 0 aromatic heterocycles. The van der Waals surface area contributed by atoms with Gasteiger partial charge in [0.15, 0.2) is 0 Å².